The van der Waals surface area contributed by atoms with Crippen molar-refractivity contribution in [3.63, 3.8) is 0 Å². The number of hydrogen-bond acceptors (Lipinski definition) is 4. The van der Waals surface area contributed by atoms with E-state index < -0.39 is 0 Å². The largest absolute Gasteiger partial charge is 0.353 e. The molecule has 26 heavy (non-hydrogen) atoms. The lowest BCUT2D eigenvalue weighted by Gasteiger charge is -2.32. The zero-order chi connectivity index (χ0) is 18.5. The number of likely N-dealkylation sites (tertiary alicyclic amines) is 1. The predicted molar refractivity (Wildman–Crippen MR) is 103 cm³/mol. The van der Waals surface area contributed by atoms with E-state index in [1.165, 1.54) is 11.0 Å². The van der Waals surface area contributed by atoms with Gasteiger partial charge in [0.2, 0.25) is 5.91 Å². The summed E-state index contributed by atoms with van der Waals surface area (Å²) < 4.78 is 1.53. The third-order valence-electron chi connectivity index (χ3n) is 5.13. The molecule has 2 heterocycles. The van der Waals surface area contributed by atoms with Crippen molar-refractivity contribution in [3.8, 4) is 0 Å². The molecule has 1 aliphatic rings. The summed E-state index contributed by atoms with van der Waals surface area (Å²) in [6.45, 7) is 7.73. The second kappa shape index (κ2) is 8.45. The van der Waals surface area contributed by atoms with Crippen LogP contribution in [-0.2, 0) is 11.3 Å². The minimum atomic E-state index is -0.0839. The summed E-state index contributed by atoms with van der Waals surface area (Å²) in [5.74, 6) is 0.00943. The van der Waals surface area contributed by atoms with Gasteiger partial charge in [0.1, 0.15) is 0 Å². The fourth-order valence-corrected chi connectivity index (χ4v) is 3.64. The number of fused-ring (bicyclic) bond motifs is 1. The Morgan fingerprint density at radius 1 is 1.27 bits per heavy atom. The molecule has 1 aromatic carbocycles. The van der Waals surface area contributed by atoms with Crippen molar-refractivity contribution in [1.29, 1.82) is 0 Å². The van der Waals surface area contributed by atoms with Crippen molar-refractivity contribution in [2.24, 2.45) is 0 Å². The molecule has 6 nitrogen and oxygen atoms in total. The van der Waals surface area contributed by atoms with Gasteiger partial charge in [-0.1, -0.05) is 19.1 Å². The van der Waals surface area contributed by atoms with Crippen molar-refractivity contribution < 1.29 is 4.79 Å². The van der Waals surface area contributed by atoms with Crippen LogP contribution in [0.25, 0.3) is 10.9 Å². The van der Waals surface area contributed by atoms with E-state index in [2.05, 4.69) is 22.1 Å². The van der Waals surface area contributed by atoms with Crippen LogP contribution in [0.15, 0.2) is 29.3 Å². The highest BCUT2D eigenvalue weighted by Gasteiger charge is 2.20. The molecule has 0 saturated carbocycles. The predicted octanol–water partition coefficient (Wildman–Crippen LogP) is 2.09. The van der Waals surface area contributed by atoms with E-state index in [0.717, 1.165) is 43.6 Å². The fraction of sp³-hybridized carbons (Fsp3) is 0.550. The minimum Gasteiger partial charge on any atom is -0.353 e. The first-order chi connectivity index (χ1) is 12.6. The van der Waals surface area contributed by atoms with Crippen molar-refractivity contribution in [2.75, 3.05) is 19.6 Å². The average Bonchev–Trinajstić information content (AvgIpc) is 2.64. The van der Waals surface area contributed by atoms with Gasteiger partial charge in [0.05, 0.1) is 17.2 Å². The van der Waals surface area contributed by atoms with E-state index in [9.17, 15) is 9.59 Å². The van der Waals surface area contributed by atoms with Crippen molar-refractivity contribution in [3.05, 3.63) is 40.4 Å². The van der Waals surface area contributed by atoms with Crippen LogP contribution in [0.2, 0.25) is 0 Å². The van der Waals surface area contributed by atoms with Crippen LogP contribution in [0.1, 0.15) is 38.2 Å². The second-order valence-electron chi connectivity index (χ2n) is 7.15. The highest BCUT2D eigenvalue weighted by molar-refractivity contribution is 5.80. The number of para-hydroxylation sites is 1. The number of carbonyl (C=O) groups excluding carboxylic acids is 1. The van der Waals surface area contributed by atoms with Crippen LogP contribution in [0.5, 0.6) is 0 Å². The number of piperidine rings is 1. The zero-order valence-electron chi connectivity index (χ0n) is 15.7. The Morgan fingerprint density at radius 2 is 2.04 bits per heavy atom. The maximum atomic E-state index is 12.6. The number of benzene rings is 1. The number of nitrogens with one attached hydrogen (secondary N) is 1. The number of aryl methyl sites for hydroxylation is 2. The summed E-state index contributed by atoms with van der Waals surface area (Å²) in [7, 11) is 0. The minimum absolute atomic E-state index is 0.00943. The van der Waals surface area contributed by atoms with Gasteiger partial charge >= 0.3 is 0 Å². The lowest BCUT2D eigenvalue weighted by atomic mass is 10.0. The number of carbonyl (C=O) groups is 1. The molecule has 0 unspecified atom stereocenters. The van der Waals surface area contributed by atoms with Crippen LogP contribution < -0.4 is 10.9 Å². The summed E-state index contributed by atoms with van der Waals surface area (Å²) >= 11 is 0. The van der Waals surface area contributed by atoms with E-state index in [4.69, 9.17) is 0 Å². The molecule has 1 fully saturated rings. The Hall–Kier alpha value is -2.21. The Kier molecular flexibility index (Phi) is 6.04. The van der Waals surface area contributed by atoms with Gasteiger partial charge in [0.15, 0.2) is 0 Å². The normalized spacial score (nSPS) is 16.1. The van der Waals surface area contributed by atoms with Gasteiger partial charge in [0.25, 0.3) is 5.56 Å². The fourth-order valence-electron chi connectivity index (χ4n) is 3.64. The van der Waals surface area contributed by atoms with Crippen LogP contribution in [0, 0.1) is 6.92 Å². The number of hydrogen-bond donors (Lipinski definition) is 1. The van der Waals surface area contributed by atoms with Crippen LogP contribution >= 0.6 is 0 Å². The van der Waals surface area contributed by atoms with E-state index >= 15 is 0 Å². The topological polar surface area (TPSA) is 67.2 Å². The molecule has 0 atom stereocenters. The van der Waals surface area contributed by atoms with Gasteiger partial charge in [-0.05, 0) is 44.4 Å². The van der Waals surface area contributed by atoms with Crippen molar-refractivity contribution in [1.82, 2.24) is 19.8 Å². The molecule has 0 radical (unpaired) electrons. The van der Waals surface area contributed by atoms with Gasteiger partial charge in [-0.25, -0.2) is 4.98 Å². The summed E-state index contributed by atoms with van der Waals surface area (Å²) in [5, 5.41) is 3.72. The Labute approximate surface area is 154 Å². The van der Waals surface area contributed by atoms with E-state index in [0.29, 0.717) is 18.4 Å². The molecular weight excluding hydrogens is 328 g/mol. The lowest BCUT2D eigenvalue weighted by molar-refractivity contribution is -0.122. The van der Waals surface area contributed by atoms with Crippen LogP contribution in [0.3, 0.4) is 0 Å². The summed E-state index contributed by atoms with van der Waals surface area (Å²) in [5.41, 5.74) is 1.63. The van der Waals surface area contributed by atoms with Crippen molar-refractivity contribution >= 4 is 16.8 Å². The van der Waals surface area contributed by atoms with E-state index in [1.807, 2.05) is 19.1 Å². The van der Waals surface area contributed by atoms with Gasteiger partial charge in [0, 0.05) is 32.1 Å². The second-order valence-corrected chi connectivity index (χ2v) is 7.15. The first-order valence-corrected chi connectivity index (χ1v) is 9.55. The summed E-state index contributed by atoms with van der Waals surface area (Å²) in [6.07, 6.45) is 5.03. The Bertz CT molecular complexity index is 822. The molecule has 140 valence electrons. The summed E-state index contributed by atoms with van der Waals surface area (Å²) in [4.78, 5) is 31.7. The molecule has 1 saturated heterocycles. The molecule has 3 rings (SSSR count). The molecule has 2 aromatic rings. The quantitative estimate of drug-likeness (QED) is 0.861. The summed E-state index contributed by atoms with van der Waals surface area (Å²) in [6, 6.07) is 5.85. The molecular formula is C20H28N4O2. The average molecular weight is 356 g/mol. The molecule has 0 aliphatic carbocycles. The van der Waals surface area contributed by atoms with Gasteiger partial charge in [-0.2, -0.15) is 0 Å². The molecule has 1 N–H and O–H groups in total. The third kappa shape index (κ3) is 4.30. The Balaban J connectivity index is 1.54. The lowest BCUT2D eigenvalue weighted by Crippen LogP contribution is -2.45. The number of amides is 1. The number of nitrogens with zero attached hydrogens (tertiary/aromatic N) is 3. The highest BCUT2D eigenvalue weighted by atomic mass is 16.2. The van der Waals surface area contributed by atoms with E-state index in [-0.39, 0.29) is 17.5 Å². The van der Waals surface area contributed by atoms with Crippen LogP contribution in [-0.4, -0.2) is 46.0 Å². The highest BCUT2D eigenvalue weighted by Crippen LogP contribution is 2.12. The molecule has 0 spiro atoms. The molecule has 6 heteroatoms. The molecule has 0 bridgehead atoms. The number of aromatic nitrogens is 2. The first-order valence-electron chi connectivity index (χ1n) is 9.55. The SMILES string of the molecule is CCCN1CCC(NC(=O)CCn2cnc3c(C)cccc3c2=O)CC1. The van der Waals surface area contributed by atoms with Gasteiger partial charge in [-0.3, -0.25) is 14.2 Å². The molecule has 1 amide bonds. The van der Waals surface area contributed by atoms with Gasteiger partial charge in [-0.15, -0.1) is 0 Å². The number of rotatable bonds is 6. The monoisotopic (exact) mass is 356 g/mol. The van der Waals surface area contributed by atoms with Crippen molar-refractivity contribution in [2.45, 2.75) is 52.1 Å². The maximum Gasteiger partial charge on any atom is 0.261 e. The molecule has 1 aromatic heterocycles. The third-order valence-corrected chi connectivity index (χ3v) is 5.13. The standard InChI is InChI=1S/C20H28N4O2/c1-3-10-23-11-7-16(8-12-23)22-18(25)9-13-24-14-21-19-15(2)5-4-6-17(19)20(24)26/h4-6,14,16H,3,7-13H2,1-2H3,(H,22,25). The smallest absolute Gasteiger partial charge is 0.261 e. The maximum absolute atomic E-state index is 12.6. The first kappa shape index (κ1) is 18.6. The Morgan fingerprint density at radius 3 is 2.77 bits per heavy atom. The van der Waals surface area contributed by atoms with E-state index in [1.54, 1.807) is 12.4 Å². The van der Waals surface area contributed by atoms with Crippen LogP contribution in [0.4, 0.5) is 0 Å². The molecule has 1 aliphatic heterocycles. The zero-order valence-corrected chi connectivity index (χ0v) is 15.7. The van der Waals surface area contributed by atoms with Gasteiger partial charge < -0.3 is 10.2 Å².